The summed E-state index contributed by atoms with van der Waals surface area (Å²) in [4.78, 5) is 30.4. The molecule has 0 fully saturated rings. The van der Waals surface area contributed by atoms with Crippen LogP contribution in [0.4, 0.5) is 0 Å². The van der Waals surface area contributed by atoms with Crippen LogP contribution in [-0.2, 0) is 7.05 Å². The van der Waals surface area contributed by atoms with Crippen LogP contribution < -0.4 is 11.0 Å². The van der Waals surface area contributed by atoms with E-state index in [1.54, 1.807) is 17.7 Å². The Bertz CT molecular complexity index is 1810. The number of para-hydroxylation sites is 1. The van der Waals surface area contributed by atoms with Gasteiger partial charge in [-0.15, -0.1) is 0 Å². The van der Waals surface area contributed by atoms with Crippen LogP contribution in [0.2, 0.25) is 0 Å². The second-order valence-electron chi connectivity index (χ2n) is 8.38. The number of aryl methyl sites for hydroxylation is 1. The van der Waals surface area contributed by atoms with E-state index in [0.717, 1.165) is 27.3 Å². The third kappa shape index (κ3) is 2.45. The Morgan fingerprint density at radius 1 is 1.03 bits per heavy atom. The molecule has 0 amide bonds. The molecule has 6 rings (SSSR count). The number of fused-ring (bicyclic) bond motifs is 5. The van der Waals surface area contributed by atoms with Gasteiger partial charge in [0.15, 0.2) is 16.7 Å². The Morgan fingerprint density at radius 3 is 2.66 bits per heavy atom. The molecule has 0 saturated heterocycles. The number of hydrogen-bond acceptors (Lipinski definition) is 4. The number of H-pyrrole nitrogens is 1. The van der Waals surface area contributed by atoms with Crippen molar-refractivity contribution in [3.63, 3.8) is 0 Å². The summed E-state index contributed by atoms with van der Waals surface area (Å²) >= 11 is 0. The summed E-state index contributed by atoms with van der Waals surface area (Å²) in [5.41, 5.74) is 4.12. The van der Waals surface area contributed by atoms with Crippen LogP contribution in [-0.4, -0.2) is 19.3 Å². The number of pyridine rings is 2. The number of benzene rings is 2. The van der Waals surface area contributed by atoms with Crippen LogP contribution in [0.5, 0.6) is 0 Å². The first-order valence-corrected chi connectivity index (χ1v) is 10.5. The summed E-state index contributed by atoms with van der Waals surface area (Å²) in [6, 6.07) is 14.5. The zero-order valence-electron chi connectivity index (χ0n) is 17.8. The third-order valence-corrected chi connectivity index (χ3v) is 6.09. The summed E-state index contributed by atoms with van der Waals surface area (Å²) in [5, 5.41) is 5.76. The van der Waals surface area contributed by atoms with Crippen molar-refractivity contribution in [3.05, 3.63) is 75.3 Å². The lowest BCUT2D eigenvalue weighted by atomic mass is 10.0. The van der Waals surface area contributed by atoms with Crippen molar-refractivity contribution in [3.8, 4) is 11.1 Å². The van der Waals surface area contributed by atoms with E-state index in [0.29, 0.717) is 27.8 Å². The molecule has 158 valence electrons. The highest BCUT2D eigenvalue weighted by Gasteiger charge is 2.23. The van der Waals surface area contributed by atoms with Gasteiger partial charge in [0.25, 0.3) is 5.56 Å². The summed E-state index contributed by atoms with van der Waals surface area (Å²) in [6.45, 7) is 4.13. The lowest BCUT2D eigenvalue weighted by Gasteiger charge is -2.11. The van der Waals surface area contributed by atoms with Crippen molar-refractivity contribution < 1.29 is 4.42 Å². The van der Waals surface area contributed by atoms with Crippen molar-refractivity contribution in [2.24, 2.45) is 7.05 Å². The predicted octanol–water partition coefficient (Wildman–Crippen LogP) is 4.72. The summed E-state index contributed by atoms with van der Waals surface area (Å²) in [7, 11) is 1.78. The van der Waals surface area contributed by atoms with Gasteiger partial charge in [0.2, 0.25) is 0 Å². The quantitative estimate of drug-likeness (QED) is 0.436. The van der Waals surface area contributed by atoms with E-state index in [9.17, 15) is 9.59 Å². The molecule has 32 heavy (non-hydrogen) atoms. The Balaban J connectivity index is 1.86. The number of aromatic amines is 1. The van der Waals surface area contributed by atoms with E-state index in [1.807, 2.05) is 41.2 Å². The molecule has 4 heterocycles. The molecular weight excluding hydrogens is 404 g/mol. The van der Waals surface area contributed by atoms with Gasteiger partial charge in [-0.1, -0.05) is 18.2 Å². The number of furan rings is 1. The maximum Gasteiger partial charge on any atom is 0.258 e. The molecule has 0 saturated carbocycles. The third-order valence-electron chi connectivity index (χ3n) is 6.09. The van der Waals surface area contributed by atoms with Gasteiger partial charge in [0.1, 0.15) is 11.1 Å². The van der Waals surface area contributed by atoms with E-state index in [4.69, 9.17) is 9.40 Å². The molecule has 0 radical (unpaired) electrons. The second-order valence-corrected chi connectivity index (χ2v) is 8.38. The Hall–Kier alpha value is -4.13. The zero-order chi connectivity index (χ0) is 22.1. The molecule has 6 aromatic rings. The molecule has 2 aromatic carbocycles. The minimum atomic E-state index is -0.135. The van der Waals surface area contributed by atoms with Gasteiger partial charge >= 0.3 is 0 Å². The lowest BCUT2D eigenvalue weighted by molar-refractivity contribution is 0.547. The highest BCUT2D eigenvalue weighted by molar-refractivity contribution is 6.14. The van der Waals surface area contributed by atoms with Crippen molar-refractivity contribution in [2.45, 2.75) is 19.9 Å². The first-order chi connectivity index (χ1) is 15.4. The average molecular weight is 424 g/mol. The SMILES string of the molecule is CC(C)n1[nH]cc2c(-c3cc4ccccc4n(C)c3=O)c3oc4cc(=O)ccc4c3nc21. The molecule has 0 bridgehead atoms. The minimum Gasteiger partial charge on any atom is -0.454 e. The fourth-order valence-electron chi connectivity index (χ4n) is 4.52. The van der Waals surface area contributed by atoms with Crippen LogP contribution in [0.25, 0.3) is 55.1 Å². The largest absolute Gasteiger partial charge is 0.454 e. The van der Waals surface area contributed by atoms with Gasteiger partial charge in [-0.3, -0.25) is 14.3 Å². The normalized spacial score (nSPS) is 12.1. The van der Waals surface area contributed by atoms with E-state index < -0.39 is 0 Å². The van der Waals surface area contributed by atoms with Crippen LogP contribution >= 0.6 is 0 Å². The molecule has 0 aliphatic heterocycles. The second kappa shape index (κ2) is 6.43. The number of rotatable bonds is 2. The molecule has 0 aliphatic carbocycles. The number of hydrogen-bond donors (Lipinski definition) is 1. The topological polar surface area (TPSA) is 85.8 Å². The van der Waals surface area contributed by atoms with Crippen molar-refractivity contribution >= 4 is 44.0 Å². The summed E-state index contributed by atoms with van der Waals surface area (Å²) in [6.07, 6.45) is 1.86. The van der Waals surface area contributed by atoms with Gasteiger partial charge in [-0.05, 0) is 43.5 Å². The summed E-state index contributed by atoms with van der Waals surface area (Å²) in [5.74, 6) is 0. The molecular formula is C25H20N4O3. The van der Waals surface area contributed by atoms with Crippen LogP contribution in [0.3, 0.4) is 0 Å². The van der Waals surface area contributed by atoms with Crippen LogP contribution in [0.1, 0.15) is 19.9 Å². The maximum absolute atomic E-state index is 13.5. The Morgan fingerprint density at radius 2 is 1.84 bits per heavy atom. The first-order valence-electron chi connectivity index (χ1n) is 10.5. The van der Waals surface area contributed by atoms with Gasteiger partial charge in [-0.2, -0.15) is 0 Å². The van der Waals surface area contributed by atoms with Crippen LogP contribution in [0.15, 0.2) is 68.7 Å². The number of nitrogens with one attached hydrogen (secondary N) is 1. The lowest BCUT2D eigenvalue weighted by Crippen LogP contribution is -2.19. The smallest absolute Gasteiger partial charge is 0.258 e. The van der Waals surface area contributed by atoms with Gasteiger partial charge < -0.3 is 14.1 Å². The average Bonchev–Trinajstić information content (AvgIpc) is 3.35. The molecule has 1 N–H and O–H groups in total. The molecule has 0 aliphatic rings. The monoisotopic (exact) mass is 424 g/mol. The first kappa shape index (κ1) is 18.6. The Labute approximate surface area is 181 Å². The van der Waals surface area contributed by atoms with E-state index >= 15 is 0 Å². The number of aromatic nitrogens is 4. The predicted molar refractivity (Wildman–Crippen MR) is 126 cm³/mol. The standard InChI is InChI=1S/C25H20N4O3/c1-13(2)29-24-18(12-26-29)21(17-10-14-6-4-5-7-19(14)28(3)25(17)31)23-22(27-24)16-9-8-15(30)11-20(16)32-23/h4-13,26H,1-3H3. The fourth-order valence-corrected chi connectivity index (χ4v) is 4.52. The van der Waals surface area contributed by atoms with Crippen molar-refractivity contribution in [2.75, 3.05) is 0 Å². The van der Waals surface area contributed by atoms with Crippen molar-refractivity contribution in [1.82, 2.24) is 19.3 Å². The van der Waals surface area contributed by atoms with E-state index in [-0.39, 0.29) is 17.0 Å². The zero-order valence-corrected chi connectivity index (χ0v) is 17.8. The van der Waals surface area contributed by atoms with Gasteiger partial charge in [0, 0.05) is 41.7 Å². The van der Waals surface area contributed by atoms with Crippen LogP contribution in [0, 0.1) is 0 Å². The molecule has 7 nitrogen and oxygen atoms in total. The maximum atomic E-state index is 13.5. The minimum absolute atomic E-state index is 0.125. The summed E-state index contributed by atoms with van der Waals surface area (Å²) < 4.78 is 9.79. The fraction of sp³-hybridized carbons (Fsp3) is 0.160. The van der Waals surface area contributed by atoms with Gasteiger partial charge in [-0.25, -0.2) is 4.98 Å². The Kier molecular flexibility index (Phi) is 3.74. The van der Waals surface area contributed by atoms with E-state index in [1.165, 1.54) is 12.1 Å². The highest BCUT2D eigenvalue weighted by atomic mass is 16.3. The molecule has 0 spiro atoms. The highest BCUT2D eigenvalue weighted by Crippen LogP contribution is 2.39. The molecule has 0 unspecified atom stereocenters. The van der Waals surface area contributed by atoms with Crippen molar-refractivity contribution in [1.29, 1.82) is 0 Å². The van der Waals surface area contributed by atoms with E-state index in [2.05, 4.69) is 18.9 Å². The number of nitrogens with zero attached hydrogens (tertiary/aromatic N) is 3. The molecule has 4 aromatic heterocycles. The molecule has 7 heteroatoms. The molecule has 0 atom stereocenters. The van der Waals surface area contributed by atoms with Gasteiger partial charge in [0.05, 0.1) is 11.1 Å².